The van der Waals surface area contributed by atoms with E-state index < -0.39 is 0 Å². The van der Waals surface area contributed by atoms with Gasteiger partial charge in [0, 0.05) is 7.11 Å². The van der Waals surface area contributed by atoms with Crippen molar-refractivity contribution in [2.75, 3.05) is 20.4 Å². The first-order valence-corrected chi connectivity index (χ1v) is 4.95. The molecule has 1 aliphatic rings. The van der Waals surface area contributed by atoms with E-state index in [0.717, 1.165) is 23.5 Å². The summed E-state index contributed by atoms with van der Waals surface area (Å²) in [4.78, 5) is 0. The molecule has 1 heterocycles. The monoisotopic (exact) mass is 209 g/mol. The topological polar surface area (TPSA) is 53.7 Å². The van der Waals surface area contributed by atoms with Gasteiger partial charge < -0.3 is 19.9 Å². The van der Waals surface area contributed by atoms with Gasteiger partial charge in [-0.3, -0.25) is 0 Å². The van der Waals surface area contributed by atoms with Gasteiger partial charge in [-0.15, -0.1) is 0 Å². The lowest BCUT2D eigenvalue weighted by Gasteiger charge is -2.09. The summed E-state index contributed by atoms with van der Waals surface area (Å²) in [7, 11) is 1.68. The van der Waals surface area contributed by atoms with Gasteiger partial charge in [-0.05, 0) is 36.2 Å². The molecule has 0 atom stereocenters. The lowest BCUT2D eigenvalue weighted by Crippen LogP contribution is -2.06. The second-order valence-electron chi connectivity index (χ2n) is 3.45. The Morgan fingerprint density at radius 2 is 1.93 bits per heavy atom. The van der Waals surface area contributed by atoms with Crippen LogP contribution in [-0.2, 0) is 17.8 Å². The minimum Gasteiger partial charge on any atom is -0.454 e. The first-order chi connectivity index (χ1) is 7.35. The van der Waals surface area contributed by atoms with E-state index in [1.165, 1.54) is 5.56 Å². The zero-order chi connectivity index (χ0) is 10.7. The summed E-state index contributed by atoms with van der Waals surface area (Å²) in [5.74, 6) is 1.60. The molecule has 4 nitrogen and oxygen atoms in total. The van der Waals surface area contributed by atoms with Crippen LogP contribution in [0.25, 0.3) is 0 Å². The molecule has 0 amide bonds. The van der Waals surface area contributed by atoms with Crippen molar-refractivity contribution in [3.8, 4) is 11.5 Å². The average molecular weight is 209 g/mol. The van der Waals surface area contributed by atoms with Crippen molar-refractivity contribution in [2.24, 2.45) is 5.73 Å². The van der Waals surface area contributed by atoms with E-state index in [0.29, 0.717) is 19.9 Å². The lowest BCUT2D eigenvalue weighted by atomic mass is 10.0. The van der Waals surface area contributed by atoms with Crippen molar-refractivity contribution in [1.82, 2.24) is 0 Å². The summed E-state index contributed by atoms with van der Waals surface area (Å²) >= 11 is 0. The maximum Gasteiger partial charge on any atom is 0.231 e. The molecule has 82 valence electrons. The maximum absolute atomic E-state index is 5.56. The van der Waals surface area contributed by atoms with Crippen LogP contribution in [0.5, 0.6) is 11.5 Å². The van der Waals surface area contributed by atoms with E-state index in [1.807, 2.05) is 12.1 Å². The van der Waals surface area contributed by atoms with Gasteiger partial charge in [-0.2, -0.15) is 0 Å². The highest BCUT2D eigenvalue weighted by atomic mass is 16.7. The van der Waals surface area contributed by atoms with Gasteiger partial charge in [0.05, 0.1) is 6.61 Å². The molecule has 4 heteroatoms. The molecule has 0 unspecified atom stereocenters. The number of rotatable bonds is 4. The minimum atomic E-state index is 0.299. The number of fused-ring (bicyclic) bond motifs is 1. The number of hydrogen-bond acceptors (Lipinski definition) is 4. The lowest BCUT2D eigenvalue weighted by molar-refractivity contribution is 0.173. The van der Waals surface area contributed by atoms with E-state index in [4.69, 9.17) is 19.9 Å². The molecule has 0 bridgehead atoms. The van der Waals surface area contributed by atoms with Crippen molar-refractivity contribution in [3.05, 3.63) is 23.3 Å². The van der Waals surface area contributed by atoms with E-state index in [1.54, 1.807) is 7.11 Å². The molecule has 1 aromatic carbocycles. The zero-order valence-corrected chi connectivity index (χ0v) is 8.79. The molecule has 0 saturated carbocycles. The van der Waals surface area contributed by atoms with Crippen LogP contribution in [0, 0.1) is 0 Å². The number of benzene rings is 1. The van der Waals surface area contributed by atoms with Gasteiger partial charge in [-0.1, -0.05) is 0 Å². The Balaban J connectivity index is 2.33. The fourth-order valence-corrected chi connectivity index (χ4v) is 1.70. The van der Waals surface area contributed by atoms with Crippen LogP contribution in [0.4, 0.5) is 0 Å². The quantitative estimate of drug-likeness (QED) is 0.805. The molecule has 0 saturated heterocycles. The fourth-order valence-electron chi connectivity index (χ4n) is 1.70. The standard InChI is InChI=1S/C11H15NO3/c1-13-6-9-5-11-10(14-7-15-11)4-8(9)2-3-12/h4-5H,2-3,6-7,12H2,1H3. The Hall–Kier alpha value is -1.26. The Kier molecular flexibility index (Phi) is 3.08. The van der Waals surface area contributed by atoms with Crippen molar-refractivity contribution in [2.45, 2.75) is 13.0 Å². The van der Waals surface area contributed by atoms with Gasteiger partial charge in [0.2, 0.25) is 6.79 Å². The predicted molar refractivity (Wildman–Crippen MR) is 56.0 cm³/mol. The summed E-state index contributed by atoms with van der Waals surface area (Å²) in [6.07, 6.45) is 0.829. The molecule has 0 fully saturated rings. The van der Waals surface area contributed by atoms with E-state index in [-0.39, 0.29) is 0 Å². The van der Waals surface area contributed by atoms with Crippen molar-refractivity contribution in [1.29, 1.82) is 0 Å². The third-order valence-electron chi connectivity index (χ3n) is 2.41. The minimum absolute atomic E-state index is 0.299. The van der Waals surface area contributed by atoms with Gasteiger partial charge in [0.1, 0.15) is 0 Å². The Bertz CT molecular complexity index is 319. The van der Waals surface area contributed by atoms with Gasteiger partial charge in [-0.25, -0.2) is 0 Å². The van der Waals surface area contributed by atoms with Crippen molar-refractivity contribution in [3.63, 3.8) is 0 Å². The molecule has 0 aromatic heterocycles. The number of hydrogen-bond donors (Lipinski definition) is 1. The third-order valence-corrected chi connectivity index (χ3v) is 2.41. The summed E-state index contributed by atoms with van der Waals surface area (Å²) in [6, 6.07) is 3.96. The zero-order valence-electron chi connectivity index (χ0n) is 8.79. The Morgan fingerprint density at radius 3 is 2.53 bits per heavy atom. The van der Waals surface area contributed by atoms with Crippen LogP contribution in [0.1, 0.15) is 11.1 Å². The van der Waals surface area contributed by atoms with E-state index in [2.05, 4.69) is 0 Å². The second-order valence-corrected chi connectivity index (χ2v) is 3.45. The third kappa shape index (κ3) is 2.06. The molecule has 1 aliphatic heterocycles. The highest BCUT2D eigenvalue weighted by Crippen LogP contribution is 2.35. The van der Waals surface area contributed by atoms with Gasteiger partial charge in [0.25, 0.3) is 0 Å². The summed E-state index contributed by atoms with van der Waals surface area (Å²) in [5.41, 5.74) is 7.85. The molecule has 0 radical (unpaired) electrons. The van der Waals surface area contributed by atoms with Crippen molar-refractivity contribution < 1.29 is 14.2 Å². The maximum atomic E-state index is 5.56. The first-order valence-electron chi connectivity index (χ1n) is 4.95. The Morgan fingerprint density at radius 1 is 1.27 bits per heavy atom. The van der Waals surface area contributed by atoms with Crippen LogP contribution in [0.2, 0.25) is 0 Å². The highest BCUT2D eigenvalue weighted by Gasteiger charge is 2.16. The van der Waals surface area contributed by atoms with Gasteiger partial charge >= 0.3 is 0 Å². The Labute approximate surface area is 88.9 Å². The molecule has 0 spiro atoms. The summed E-state index contributed by atoms with van der Waals surface area (Å²) in [5, 5.41) is 0. The van der Waals surface area contributed by atoms with Crippen LogP contribution < -0.4 is 15.2 Å². The second kappa shape index (κ2) is 4.51. The smallest absolute Gasteiger partial charge is 0.231 e. The number of methoxy groups -OCH3 is 1. The van der Waals surface area contributed by atoms with Crippen molar-refractivity contribution >= 4 is 0 Å². The summed E-state index contributed by atoms with van der Waals surface area (Å²) in [6.45, 7) is 1.50. The largest absolute Gasteiger partial charge is 0.454 e. The number of nitrogens with two attached hydrogens (primary N) is 1. The molecule has 0 aliphatic carbocycles. The van der Waals surface area contributed by atoms with Crippen LogP contribution >= 0.6 is 0 Å². The fraction of sp³-hybridized carbons (Fsp3) is 0.455. The number of ether oxygens (including phenoxy) is 3. The normalized spacial score (nSPS) is 13.2. The summed E-state index contributed by atoms with van der Waals surface area (Å²) < 4.78 is 15.8. The van der Waals surface area contributed by atoms with Crippen LogP contribution in [-0.4, -0.2) is 20.4 Å². The van der Waals surface area contributed by atoms with Crippen LogP contribution in [0.3, 0.4) is 0 Å². The SMILES string of the molecule is COCc1cc2c(cc1CCN)OCO2. The van der Waals surface area contributed by atoms with E-state index >= 15 is 0 Å². The molecule has 1 aromatic rings. The molecule has 2 N–H and O–H groups in total. The molecule has 2 rings (SSSR count). The highest BCUT2D eigenvalue weighted by molar-refractivity contribution is 5.48. The molecular weight excluding hydrogens is 194 g/mol. The predicted octanol–water partition coefficient (Wildman–Crippen LogP) is 1.06. The first kappa shape index (κ1) is 10.3. The molecule has 15 heavy (non-hydrogen) atoms. The van der Waals surface area contributed by atoms with Gasteiger partial charge in [0.15, 0.2) is 11.5 Å². The average Bonchev–Trinajstić information content (AvgIpc) is 2.66. The molecular formula is C11H15NO3. The van der Waals surface area contributed by atoms with E-state index in [9.17, 15) is 0 Å². The van der Waals surface area contributed by atoms with Crippen LogP contribution in [0.15, 0.2) is 12.1 Å².